The summed E-state index contributed by atoms with van der Waals surface area (Å²) in [4.78, 5) is 15.0. The number of hydrogen-bond donors (Lipinski definition) is 2. The second kappa shape index (κ2) is 11.9. The fraction of sp³-hybridized carbons (Fsp3) is 0.667. The van der Waals surface area contributed by atoms with E-state index in [-0.39, 0.29) is 30.7 Å². The highest BCUT2D eigenvalue weighted by molar-refractivity contribution is 5.86. The minimum absolute atomic E-state index is 0. The number of likely N-dealkylation sites (tertiary alicyclic amines) is 1. The van der Waals surface area contributed by atoms with Crippen LogP contribution < -0.4 is 11.1 Å². The summed E-state index contributed by atoms with van der Waals surface area (Å²) in [6.07, 6.45) is 10.3. The predicted octanol–water partition coefficient (Wildman–Crippen LogP) is 4.18. The SMILES string of the molecule is Cl.Cl.NC1(C(=O)NCc2cccc(CN3CCCCCC3)c2)CCCCC1. The van der Waals surface area contributed by atoms with Crippen LogP contribution in [-0.2, 0) is 17.9 Å². The maximum atomic E-state index is 12.5. The molecule has 1 heterocycles. The smallest absolute Gasteiger partial charge is 0.240 e. The van der Waals surface area contributed by atoms with Gasteiger partial charge in [-0.3, -0.25) is 9.69 Å². The van der Waals surface area contributed by atoms with Gasteiger partial charge >= 0.3 is 0 Å². The maximum absolute atomic E-state index is 12.5. The van der Waals surface area contributed by atoms with Gasteiger partial charge in [-0.15, -0.1) is 24.8 Å². The van der Waals surface area contributed by atoms with Crippen LogP contribution in [0.3, 0.4) is 0 Å². The van der Waals surface area contributed by atoms with E-state index in [1.807, 2.05) is 0 Å². The molecule has 6 heteroatoms. The van der Waals surface area contributed by atoms with E-state index in [0.717, 1.165) is 32.2 Å². The summed E-state index contributed by atoms with van der Waals surface area (Å²) in [5, 5.41) is 3.07. The second-order valence-electron chi connectivity index (χ2n) is 7.91. The predicted molar refractivity (Wildman–Crippen MR) is 117 cm³/mol. The minimum Gasteiger partial charge on any atom is -0.350 e. The summed E-state index contributed by atoms with van der Waals surface area (Å²) in [5.74, 6) is 0.0186. The molecule has 1 saturated carbocycles. The number of carbonyl (C=O) groups excluding carboxylic acids is 1. The van der Waals surface area contributed by atoms with Crippen molar-refractivity contribution in [2.24, 2.45) is 5.73 Å². The molecule has 154 valence electrons. The Morgan fingerprint density at radius 3 is 2.22 bits per heavy atom. The number of rotatable bonds is 5. The summed E-state index contributed by atoms with van der Waals surface area (Å²) >= 11 is 0. The van der Waals surface area contributed by atoms with Crippen molar-refractivity contribution in [3.05, 3.63) is 35.4 Å². The van der Waals surface area contributed by atoms with Gasteiger partial charge in [0, 0.05) is 13.1 Å². The number of nitrogens with zero attached hydrogens (tertiary/aromatic N) is 1. The van der Waals surface area contributed by atoms with Crippen LogP contribution in [0.1, 0.15) is 68.9 Å². The molecule has 1 aromatic carbocycles. The van der Waals surface area contributed by atoms with Crippen molar-refractivity contribution in [2.75, 3.05) is 13.1 Å². The number of nitrogens with one attached hydrogen (secondary N) is 1. The van der Waals surface area contributed by atoms with Crippen molar-refractivity contribution >= 4 is 30.7 Å². The lowest BCUT2D eigenvalue weighted by molar-refractivity contribution is -0.127. The van der Waals surface area contributed by atoms with E-state index in [4.69, 9.17) is 5.73 Å². The fourth-order valence-corrected chi connectivity index (χ4v) is 4.16. The van der Waals surface area contributed by atoms with Gasteiger partial charge in [-0.05, 0) is 49.9 Å². The van der Waals surface area contributed by atoms with Gasteiger partial charge in [0.25, 0.3) is 0 Å². The van der Waals surface area contributed by atoms with Gasteiger partial charge in [-0.2, -0.15) is 0 Å². The molecule has 2 fully saturated rings. The van der Waals surface area contributed by atoms with E-state index < -0.39 is 5.54 Å². The van der Waals surface area contributed by atoms with Gasteiger partial charge in [0.2, 0.25) is 5.91 Å². The van der Waals surface area contributed by atoms with Crippen molar-refractivity contribution < 1.29 is 4.79 Å². The lowest BCUT2D eigenvalue weighted by Crippen LogP contribution is -2.54. The first-order valence-corrected chi connectivity index (χ1v) is 10.0. The fourth-order valence-electron chi connectivity index (χ4n) is 4.16. The summed E-state index contributed by atoms with van der Waals surface area (Å²) < 4.78 is 0. The van der Waals surface area contributed by atoms with Gasteiger partial charge in [0.1, 0.15) is 0 Å². The first-order chi connectivity index (χ1) is 12.2. The highest BCUT2D eigenvalue weighted by Crippen LogP contribution is 2.26. The molecule has 3 N–H and O–H groups in total. The highest BCUT2D eigenvalue weighted by atomic mass is 35.5. The molecule has 0 spiro atoms. The molecule has 27 heavy (non-hydrogen) atoms. The van der Waals surface area contributed by atoms with Crippen molar-refractivity contribution in [1.29, 1.82) is 0 Å². The van der Waals surface area contributed by atoms with E-state index in [2.05, 4.69) is 34.5 Å². The van der Waals surface area contributed by atoms with E-state index in [9.17, 15) is 4.79 Å². The molecule has 0 unspecified atom stereocenters. The Kier molecular flexibility index (Phi) is 10.7. The van der Waals surface area contributed by atoms with E-state index in [1.54, 1.807) is 0 Å². The Labute approximate surface area is 176 Å². The molecule has 4 nitrogen and oxygen atoms in total. The average Bonchev–Trinajstić information content (AvgIpc) is 2.89. The molecule has 1 amide bonds. The van der Waals surface area contributed by atoms with E-state index >= 15 is 0 Å². The number of carbonyl (C=O) groups is 1. The maximum Gasteiger partial charge on any atom is 0.240 e. The van der Waals surface area contributed by atoms with Crippen LogP contribution in [0.5, 0.6) is 0 Å². The molecular formula is C21H35Cl2N3O. The zero-order chi connectivity index (χ0) is 17.5. The van der Waals surface area contributed by atoms with Crippen molar-refractivity contribution in [2.45, 2.75) is 76.4 Å². The van der Waals surface area contributed by atoms with Crippen LogP contribution in [0.4, 0.5) is 0 Å². The van der Waals surface area contributed by atoms with Gasteiger partial charge in [-0.25, -0.2) is 0 Å². The number of nitrogens with two attached hydrogens (primary N) is 1. The molecule has 2 aliphatic rings. The van der Waals surface area contributed by atoms with Crippen LogP contribution in [-0.4, -0.2) is 29.4 Å². The number of benzene rings is 1. The molecule has 0 bridgehead atoms. The standard InChI is InChI=1S/C21H33N3O.2ClH/c22-21(11-4-3-5-12-21)20(25)23-16-18-9-8-10-19(15-18)17-24-13-6-1-2-7-14-24;;/h8-10,15H,1-7,11-14,16-17,22H2,(H,23,25);2*1H. The van der Waals surface area contributed by atoms with Crippen LogP contribution >= 0.6 is 24.8 Å². The van der Waals surface area contributed by atoms with Gasteiger partial charge in [0.05, 0.1) is 5.54 Å². The largest absolute Gasteiger partial charge is 0.350 e. The molecule has 0 atom stereocenters. The van der Waals surface area contributed by atoms with E-state index in [0.29, 0.717) is 6.54 Å². The monoisotopic (exact) mass is 415 g/mol. The number of amides is 1. The molecule has 1 aromatic rings. The van der Waals surface area contributed by atoms with Crippen LogP contribution in [0.2, 0.25) is 0 Å². The normalized spacial score (nSPS) is 19.9. The molecule has 0 aromatic heterocycles. The Morgan fingerprint density at radius 1 is 0.963 bits per heavy atom. The van der Waals surface area contributed by atoms with Gasteiger partial charge in [0.15, 0.2) is 0 Å². The molecule has 1 saturated heterocycles. The Morgan fingerprint density at radius 2 is 1.56 bits per heavy atom. The summed E-state index contributed by atoms with van der Waals surface area (Å²) in [7, 11) is 0. The Balaban J connectivity index is 0.00000182. The molecule has 0 radical (unpaired) electrons. The van der Waals surface area contributed by atoms with Crippen LogP contribution in [0.15, 0.2) is 24.3 Å². The zero-order valence-corrected chi connectivity index (χ0v) is 17.9. The molecule has 3 rings (SSSR count). The van der Waals surface area contributed by atoms with Crippen LogP contribution in [0.25, 0.3) is 0 Å². The average molecular weight is 416 g/mol. The third-order valence-electron chi connectivity index (χ3n) is 5.75. The summed E-state index contributed by atoms with van der Waals surface area (Å²) in [6, 6.07) is 8.63. The first kappa shape index (κ1) is 24.2. The van der Waals surface area contributed by atoms with E-state index in [1.165, 1.54) is 56.3 Å². The van der Waals surface area contributed by atoms with Gasteiger partial charge in [-0.1, -0.05) is 56.4 Å². The van der Waals surface area contributed by atoms with Gasteiger partial charge < -0.3 is 11.1 Å². The topological polar surface area (TPSA) is 58.4 Å². The highest BCUT2D eigenvalue weighted by Gasteiger charge is 2.34. The zero-order valence-electron chi connectivity index (χ0n) is 16.3. The Bertz CT molecular complexity index is 568. The third-order valence-corrected chi connectivity index (χ3v) is 5.75. The minimum atomic E-state index is -0.651. The summed E-state index contributed by atoms with van der Waals surface area (Å²) in [5.41, 5.74) is 8.17. The molecule has 1 aliphatic carbocycles. The second-order valence-corrected chi connectivity index (χ2v) is 7.91. The first-order valence-electron chi connectivity index (χ1n) is 10.0. The Hall–Kier alpha value is -0.810. The summed E-state index contributed by atoms with van der Waals surface area (Å²) in [6.45, 7) is 4.00. The van der Waals surface area contributed by atoms with Crippen molar-refractivity contribution in [1.82, 2.24) is 10.2 Å². The molecular weight excluding hydrogens is 381 g/mol. The van der Waals surface area contributed by atoms with Crippen molar-refractivity contribution in [3.8, 4) is 0 Å². The molecule has 1 aliphatic heterocycles. The third kappa shape index (κ3) is 7.26. The lowest BCUT2D eigenvalue weighted by Gasteiger charge is -2.31. The quantitative estimate of drug-likeness (QED) is 0.757. The van der Waals surface area contributed by atoms with Crippen LogP contribution in [0, 0.1) is 0 Å². The lowest BCUT2D eigenvalue weighted by atomic mass is 9.82. The number of hydrogen-bond acceptors (Lipinski definition) is 3. The van der Waals surface area contributed by atoms with Crippen molar-refractivity contribution in [3.63, 3.8) is 0 Å². The number of halogens is 2.